The average molecular weight is 401 g/mol. The number of pyridine rings is 1. The molecule has 0 saturated carbocycles. The van der Waals surface area contributed by atoms with Gasteiger partial charge in [0.1, 0.15) is 6.04 Å². The van der Waals surface area contributed by atoms with Crippen LogP contribution in [0, 0.1) is 0 Å². The number of aromatic nitrogens is 1. The first-order valence-corrected chi connectivity index (χ1v) is 10.7. The molecule has 2 aromatic heterocycles. The Bertz CT molecular complexity index is 831. The highest BCUT2D eigenvalue weighted by Crippen LogP contribution is 2.29. The first-order chi connectivity index (χ1) is 13.5. The van der Waals surface area contributed by atoms with E-state index in [0.29, 0.717) is 12.0 Å². The molecule has 0 unspecified atom stereocenters. The number of nitrogens with zero attached hydrogens (tertiary/aromatic N) is 2. The third kappa shape index (κ3) is 4.59. The maximum atomic E-state index is 12.7. The predicted octanol–water partition coefficient (Wildman–Crippen LogP) is 2.52. The summed E-state index contributed by atoms with van der Waals surface area (Å²) in [5.41, 5.74) is 4.17. The molecule has 2 amide bonds. The van der Waals surface area contributed by atoms with Crippen LogP contribution in [0.25, 0.3) is 0 Å². The van der Waals surface area contributed by atoms with E-state index < -0.39 is 6.04 Å². The summed E-state index contributed by atoms with van der Waals surface area (Å²) in [5.74, 6) is -0.314. The molecule has 0 aromatic carbocycles. The van der Waals surface area contributed by atoms with Crippen LogP contribution in [0.3, 0.4) is 0 Å². The fourth-order valence-corrected chi connectivity index (χ4v) is 4.58. The zero-order valence-corrected chi connectivity index (χ0v) is 17.6. The minimum Gasteiger partial charge on any atom is -0.357 e. The van der Waals surface area contributed by atoms with Crippen molar-refractivity contribution in [2.75, 3.05) is 13.6 Å². The monoisotopic (exact) mass is 400 g/mol. The SMILES string of the molecule is CCc1ccc(CN2CCc3c(C(=O)N[C@@H](CC)C(=O)NC)csc3C2)nc1. The topological polar surface area (TPSA) is 74.3 Å². The lowest BCUT2D eigenvalue weighted by Gasteiger charge is -2.27. The molecule has 0 spiro atoms. The van der Waals surface area contributed by atoms with Crippen LogP contribution in [0.15, 0.2) is 23.7 Å². The van der Waals surface area contributed by atoms with Crippen LogP contribution < -0.4 is 10.6 Å². The fraction of sp³-hybridized carbons (Fsp3) is 0.476. The zero-order chi connectivity index (χ0) is 20.1. The number of hydrogen-bond donors (Lipinski definition) is 2. The molecule has 0 fully saturated rings. The molecule has 0 radical (unpaired) electrons. The van der Waals surface area contributed by atoms with Gasteiger partial charge in [0, 0.05) is 43.1 Å². The first kappa shape index (κ1) is 20.5. The van der Waals surface area contributed by atoms with Crippen molar-refractivity contribution in [2.45, 2.75) is 52.2 Å². The Hall–Kier alpha value is -2.25. The van der Waals surface area contributed by atoms with E-state index in [0.717, 1.165) is 43.7 Å². The van der Waals surface area contributed by atoms with Gasteiger partial charge in [-0.25, -0.2) is 0 Å². The molecular formula is C21H28N4O2S. The molecule has 0 aliphatic carbocycles. The highest BCUT2D eigenvalue weighted by molar-refractivity contribution is 7.10. The van der Waals surface area contributed by atoms with Crippen molar-refractivity contribution >= 4 is 23.2 Å². The Morgan fingerprint density at radius 2 is 2.14 bits per heavy atom. The van der Waals surface area contributed by atoms with Gasteiger partial charge in [0.05, 0.1) is 11.3 Å². The molecule has 150 valence electrons. The van der Waals surface area contributed by atoms with Gasteiger partial charge in [-0.2, -0.15) is 0 Å². The maximum absolute atomic E-state index is 12.7. The van der Waals surface area contributed by atoms with Crippen LogP contribution in [-0.4, -0.2) is 41.3 Å². The molecular weight excluding hydrogens is 372 g/mol. The molecule has 0 bridgehead atoms. The summed E-state index contributed by atoms with van der Waals surface area (Å²) in [6.45, 7) is 6.56. The minimum atomic E-state index is -0.495. The zero-order valence-electron chi connectivity index (χ0n) is 16.7. The summed E-state index contributed by atoms with van der Waals surface area (Å²) in [4.78, 5) is 32.7. The standard InChI is InChI=1S/C21H28N4O2S/c1-4-14-6-7-15(23-10-14)11-25-9-8-16-17(13-28-19(16)12-25)20(26)24-18(5-2)21(27)22-3/h6-7,10,13,18H,4-5,8-9,11-12H2,1-3H3,(H,22,27)(H,24,26)/t18-/m0/s1. The molecule has 2 aromatic rings. The van der Waals surface area contributed by atoms with Crippen LogP contribution in [-0.2, 0) is 30.7 Å². The van der Waals surface area contributed by atoms with Crippen LogP contribution in [0.2, 0.25) is 0 Å². The molecule has 7 heteroatoms. The molecule has 3 rings (SSSR count). The van der Waals surface area contributed by atoms with Gasteiger partial charge in [-0.05, 0) is 36.5 Å². The van der Waals surface area contributed by atoms with Crippen LogP contribution >= 0.6 is 11.3 Å². The van der Waals surface area contributed by atoms with Gasteiger partial charge in [-0.3, -0.25) is 19.5 Å². The lowest BCUT2D eigenvalue weighted by Crippen LogP contribution is -2.45. The van der Waals surface area contributed by atoms with Crippen LogP contribution in [0.1, 0.15) is 52.3 Å². The summed E-state index contributed by atoms with van der Waals surface area (Å²) in [5, 5.41) is 7.39. The van der Waals surface area contributed by atoms with Gasteiger partial charge < -0.3 is 10.6 Å². The molecule has 6 nitrogen and oxygen atoms in total. The van der Waals surface area contributed by atoms with E-state index in [2.05, 4.69) is 39.6 Å². The number of aryl methyl sites for hydroxylation is 1. The third-order valence-corrected chi connectivity index (χ3v) is 6.24. The molecule has 2 N–H and O–H groups in total. The van der Waals surface area contributed by atoms with Crippen LogP contribution in [0.5, 0.6) is 0 Å². The summed E-state index contributed by atoms with van der Waals surface area (Å²) in [7, 11) is 1.59. The third-order valence-electron chi connectivity index (χ3n) is 5.23. The predicted molar refractivity (Wildman–Crippen MR) is 111 cm³/mol. The number of hydrogen-bond acceptors (Lipinski definition) is 5. The number of carbonyl (C=O) groups excluding carboxylic acids is 2. The van der Waals surface area contributed by atoms with Crippen molar-refractivity contribution in [1.82, 2.24) is 20.5 Å². The molecule has 28 heavy (non-hydrogen) atoms. The van der Waals surface area contributed by atoms with Gasteiger partial charge in [-0.15, -0.1) is 11.3 Å². The van der Waals surface area contributed by atoms with E-state index >= 15 is 0 Å². The summed E-state index contributed by atoms with van der Waals surface area (Å²) >= 11 is 1.63. The number of rotatable bonds is 7. The van der Waals surface area contributed by atoms with Crippen molar-refractivity contribution < 1.29 is 9.59 Å². The summed E-state index contributed by atoms with van der Waals surface area (Å²) < 4.78 is 0. The second-order valence-electron chi connectivity index (χ2n) is 7.07. The lowest BCUT2D eigenvalue weighted by atomic mass is 10.0. The minimum absolute atomic E-state index is 0.154. The Morgan fingerprint density at radius 1 is 1.32 bits per heavy atom. The van der Waals surface area contributed by atoms with Crippen molar-refractivity contribution in [3.63, 3.8) is 0 Å². The van der Waals surface area contributed by atoms with E-state index in [-0.39, 0.29) is 11.8 Å². The fourth-order valence-electron chi connectivity index (χ4n) is 3.46. The van der Waals surface area contributed by atoms with Crippen molar-refractivity contribution in [3.8, 4) is 0 Å². The number of likely N-dealkylation sites (N-methyl/N-ethyl adjacent to an activating group) is 1. The number of fused-ring (bicyclic) bond motifs is 1. The van der Waals surface area contributed by atoms with Crippen LogP contribution in [0.4, 0.5) is 0 Å². The summed E-state index contributed by atoms with van der Waals surface area (Å²) in [6.07, 6.45) is 4.36. The maximum Gasteiger partial charge on any atom is 0.253 e. The van der Waals surface area contributed by atoms with E-state index in [1.807, 2.05) is 18.5 Å². The van der Waals surface area contributed by atoms with E-state index in [9.17, 15) is 9.59 Å². The smallest absolute Gasteiger partial charge is 0.253 e. The molecule has 1 aliphatic rings. The van der Waals surface area contributed by atoms with E-state index in [1.165, 1.54) is 10.4 Å². The van der Waals surface area contributed by atoms with Crippen molar-refractivity contribution in [1.29, 1.82) is 0 Å². The Morgan fingerprint density at radius 3 is 2.79 bits per heavy atom. The molecule has 0 saturated heterocycles. The molecule has 1 atom stereocenters. The van der Waals surface area contributed by atoms with Gasteiger partial charge in [0.25, 0.3) is 5.91 Å². The Labute approximate surface area is 170 Å². The average Bonchev–Trinajstić information content (AvgIpc) is 3.15. The first-order valence-electron chi connectivity index (χ1n) is 9.83. The number of thiophene rings is 1. The van der Waals surface area contributed by atoms with E-state index in [4.69, 9.17) is 0 Å². The lowest BCUT2D eigenvalue weighted by molar-refractivity contribution is -0.122. The Balaban J connectivity index is 1.65. The molecule has 3 heterocycles. The second kappa shape index (κ2) is 9.30. The van der Waals surface area contributed by atoms with Gasteiger partial charge in [0.2, 0.25) is 5.91 Å². The largest absolute Gasteiger partial charge is 0.357 e. The normalized spacial score (nSPS) is 15.0. The number of nitrogens with one attached hydrogen (secondary N) is 2. The molecule has 1 aliphatic heterocycles. The van der Waals surface area contributed by atoms with Crippen molar-refractivity contribution in [3.05, 3.63) is 51.0 Å². The van der Waals surface area contributed by atoms with Gasteiger partial charge in [0.15, 0.2) is 0 Å². The van der Waals surface area contributed by atoms with E-state index in [1.54, 1.807) is 18.4 Å². The van der Waals surface area contributed by atoms with Gasteiger partial charge in [-0.1, -0.05) is 19.9 Å². The second-order valence-corrected chi connectivity index (χ2v) is 8.04. The highest BCUT2D eigenvalue weighted by Gasteiger charge is 2.26. The Kier molecular flexibility index (Phi) is 6.80. The highest BCUT2D eigenvalue weighted by atomic mass is 32.1. The quantitative estimate of drug-likeness (QED) is 0.749. The number of amides is 2. The number of carbonyl (C=O) groups is 2. The van der Waals surface area contributed by atoms with Crippen molar-refractivity contribution in [2.24, 2.45) is 0 Å². The van der Waals surface area contributed by atoms with Gasteiger partial charge >= 0.3 is 0 Å². The summed E-state index contributed by atoms with van der Waals surface area (Å²) in [6, 6.07) is 3.75.